The van der Waals surface area contributed by atoms with Gasteiger partial charge in [-0.05, 0) is 55.2 Å². The van der Waals surface area contributed by atoms with Crippen LogP contribution in [0.2, 0.25) is 0 Å². The zero-order valence-corrected chi connectivity index (χ0v) is 21.6. The molecule has 2 aromatic carbocycles. The first-order valence-electron chi connectivity index (χ1n) is 12.3. The molecule has 1 aliphatic heterocycles. The number of hydrogen-bond acceptors (Lipinski definition) is 6. The molecule has 5 rings (SSSR count). The average molecular weight is 501 g/mol. The van der Waals surface area contributed by atoms with E-state index in [2.05, 4.69) is 35.9 Å². The minimum Gasteiger partial charge on any atom is -0.457 e. The summed E-state index contributed by atoms with van der Waals surface area (Å²) < 4.78 is 8.28. The largest absolute Gasteiger partial charge is 0.457 e. The maximum Gasteiger partial charge on any atom is 0.223 e. The van der Waals surface area contributed by atoms with E-state index in [4.69, 9.17) is 14.5 Å². The predicted molar refractivity (Wildman–Crippen MR) is 145 cm³/mol. The predicted octanol–water partition coefficient (Wildman–Crippen LogP) is 4.64. The number of pyridine rings is 1. The lowest BCUT2D eigenvalue weighted by Crippen LogP contribution is -2.25. The highest BCUT2D eigenvalue weighted by molar-refractivity contribution is 5.94. The summed E-state index contributed by atoms with van der Waals surface area (Å²) in [5.41, 5.74) is 11.3. The van der Waals surface area contributed by atoms with E-state index in [0.717, 1.165) is 76.9 Å². The molecule has 37 heavy (non-hydrogen) atoms. The van der Waals surface area contributed by atoms with Crippen LogP contribution >= 0.6 is 0 Å². The Balaban J connectivity index is 0.00000102. The molecule has 4 aromatic rings. The second-order valence-corrected chi connectivity index (χ2v) is 8.71. The Kier molecular flexibility index (Phi) is 7.71. The lowest BCUT2D eigenvalue weighted by atomic mass is 10.1. The summed E-state index contributed by atoms with van der Waals surface area (Å²) in [7, 11) is 1.99. The quantitative estimate of drug-likeness (QED) is 0.373. The SMILES string of the molecule is CCc1nccc(Oc2ccc3c(c2)nc(Nc2ccc4c(c2)N(C(C)=O)CC4)n3C)c1CC.NC=O. The van der Waals surface area contributed by atoms with Crippen molar-refractivity contribution in [2.75, 3.05) is 16.8 Å². The van der Waals surface area contributed by atoms with E-state index < -0.39 is 0 Å². The molecule has 0 unspecified atom stereocenters. The second-order valence-electron chi connectivity index (χ2n) is 8.71. The molecule has 0 saturated carbocycles. The third-order valence-corrected chi connectivity index (χ3v) is 6.49. The number of benzene rings is 2. The van der Waals surface area contributed by atoms with Crippen LogP contribution in [-0.4, -0.2) is 33.4 Å². The first kappa shape index (κ1) is 25.7. The third-order valence-electron chi connectivity index (χ3n) is 6.49. The number of fused-ring (bicyclic) bond motifs is 2. The second kappa shape index (κ2) is 11.1. The monoisotopic (exact) mass is 500 g/mol. The van der Waals surface area contributed by atoms with Gasteiger partial charge in [-0.15, -0.1) is 0 Å². The maximum atomic E-state index is 12.0. The molecule has 1 aliphatic rings. The molecule has 2 aromatic heterocycles. The van der Waals surface area contributed by atoms with Crippen LogP contribution in [0.3, 0.4) is 0 Å². The van der Waals surface area contributed by atoms with Crippen LogP contribution in [0.1, 0.15) is 37.6 Å². The summed E-state index contributed by atoms with van der Waals surface area (Å²) in [5, 5.41) is 3.42. The number of primary amides is 1. The van der Waals surface area contributed by atoms with E-state index in [1.807, 2.05) is 52.9 Å². The number of rotatable bonds is 6. The van der Waals surface area contributed by atoms with Crippen molar-refractivity contribution in [2.24, 2.45) is 12.8 Å². The Labute approximate surface area is 216 Å². The zero-order chi connectivity index (χ0) is 26.5. The molecule has 3 heterocycles. The number of imidazole rings is 1. The van der Waals surface area contributed by atoms with E-state index in [0.29, 0.717) is 0 Å². The van der Waals surface area contributed by atoms with Gasteiger partial charge in [0, 0.05) is 55.4 Å². The number of amides is 2. The van der Waals surface area contributed by atoms with E-state index in [1.54, 1.807) is 13.1 Å². The Hall–Kier alpha value is -4.40. The Morgan fingerprint density at radius 3 is 2.65 bits per heavy atom. The van der Waals surface area contributed by atoms with Gasteiger partial charge in [-0.25, -0.2) is 4.98 Å². The molecule has 0 atom stereocenters. The molecule has 2 amide bonds. The lowest BCUT2D eigenvalue weighted by Gasteiger charge is -2.16. The van der Waals surface area contributed by atoms with Gasteiger partial charge in [0.25, 0.3) is 0 Å². The van der Waals surface area contributed by atoms with Crippen molar-refractivity contribution in [3.05, 3.63) is 65.5 Å². The number of hydrogen-bond donors (Lipinski definition) is 2. The van der Waals surface area contributed by atoms with Crippen LogP contribution in [0, 0.1) is 0 Å². The molecule has 0 spiro atoms. The number of nitrogens with two attached hydrogens (primary N) is 1. The van der Waals surface area contributed by atoms with E-state index in [-0.39, 0.29) is 12.3 Å². The smallest absolute Gasteiger partial charge is 0.223 e. The number of carbonyl (C=O) groups is 2. The van der Waals surface area contributed by atoms with E-state index in [9.17, 15) is 4.79 Å². The average Bonchev–Trinajstić information content (AvgIpc) is 3.45. The fourth-order valence-electron chi connectivity index (χ4n) is 4.69. The molecule has 9 nitrogen and oxygen atoms in total. The maximum absolute atomic E-state index is 12.0. The van der Waals surface area contributed by atoms with Gasteiger partial charge in [0.2, 0.25) is 18.3 Å². The number of ether oxygens (including phenoxy) is 1. The van der Waals surface area contributed by atoms with E-state index >= 15 is 0 Å². The van der Waals surface area contributed by atoms with Crippen molar-refractivity contribution in [1.82, 2.24) is 14.5 Å². The van der Waals surface area contributed by atoms with Gasteiger partial charge in [0.1, 0.15) is 11.5 Å². The van der Waals surface area contributed by atoms with Gasteiger partial charge in [-0.3, -0.25) is 14.6 Å². The van der Waals surface area contributed by atoms with Crippen molar-refractivity contribution in [3.63, 3.8) is 0 Å². The van der Waals surface area contributed by atoms with Gasteiger partial charge < -0.3 is 25.3 Å². The van der Waals surface area contributed by atoms with Crippen molar-refractivity contribution in [1.29, 1.82) is 0 Å². The Morgan fingerprint density at radius 1 is 1.16 bits per heavy atom. The normalized spacial score (nSPS) is 12.1. The lowest BCUT2D eigenvalue weighted by molar-refractivity contribution is -0.116. The molecule has 0 aliphatic carbocycles. The highest BCUT2D eigenvalue weighted by atomic mass is 16.5. The standard InChI is InChI=1S/C27H29N5O2.CH3NO/c1-5-21-22(6-2)28-13-11-26(21)34-20-9-10-24-23(16-20)30-27(31(24)4)29-19-8-7-18-12-14-32(17(3)33)25(18)15-19;2-1-3/h7-11,13,15-16H,5-6,12,14H2,1-4H3,(H,29,30);1H,(H2,2,3). The summed E-state index contributed by atoms with van der Waals surface area (Å²) in [4.78, 5) is 31.7. The van der Waals surface area contributed by atoms with Crippen LogP contribution in [0.4, 0.5) is 17.3 Å². The van der Waals surface area contributed by atoms with Gasteiger partial charge in [-0.2, -0.15) is 0 Å². The molecule has 0 bridgehead atoms. The molecule has 3 N–H and O–H groups in total. The summed E-state index contributed by atoms with van der Waals surface area (Å²) >= 11 is 0. The van der Waals surface area contributed by atoms with Crippen molar-refractivity contribution < 1.29 is 14.3 Å². The minimum absolute atomic E-state index is 0.0673. The zero-order valence-electron chi connectivity index (χ0n) is 21.6. The fraction of sp³-hybridized carbons (Fsp3) is 0.286. The summed E-state index contributed by atoms with van der Waals surface area (Å²) in [5.74, 6) is 2.38. The molecular formula is C28H32N6O3. The number of aromatic nitrogens is 3. The van der Waals surface area contributed by atoms with Crippen LogP contribution in [-0.2, 0) is 35.9 Å². The fourth-order valence-corrected chi connectivity index (χ4v) is 4.69. The molecule has 192 valence electrons. The van der Waals surface area contributed by atoms with Crippen LogP contribution in [0.5, 0.6) is 11.5 Å². The van der Waals surface area contributed by atoms with Crippen molar-refractivity contribution >= 4 is 40.7 Å². The molecule has 0 saturated heterocycles. The van der Waals surface area contributed by atoms with Gasteiger partial charge in [-0.1, -0.05) is 19.9 Å². The molecule has 0 fully saturated rings. The molecule has 0 radical (unpaired) electrons. The number of aryl methyl sites for hydroxylation is 2. The Morgan fingerprint density at radius 2 is 1.95 bits per heavy atom. The van der Waals surface area contributed by atoms with E-state index in [1.165, 1.54) is 5.56 Å². The number of anilines is 3. The topological polar surface area (TPSA) is 115 Å². The van der Waals surface area contributed by atoms with Gasteiger partial charge in [0.05, 0.1) is 11.0 Å². The Bertz CT molecular complexity index is 1450. The number of carbonyl (C=O) groups excluding carboxylic acids is 2. The first-order valence-corrected chi connectivity index (χ1v) is 12.3. The number of nitrogens with one attached hydrogen (secondary N) is 1. The van der Waals surface area contributed by atoms with Crippen LogP contribution < -0.4 is 20.7 Å². The highest BCUT2D eigenvalue weighted by Crippen LogP contribution is 2.33. The minimum atomic E-state index is 0.0673. The van der Waals surface area contributed by atoms with Crippen LogP contribution in [0.25, 0.3) is 11.0 Å². The van der Waals surface area contributed by atoms with Gasteiger partial charge >= 0.3 is 0 Å². The van der Waals surface area contributed by atoms with Crippen LogP contribution in [0.15, 0.2) is 48.7 Å². The summed E-state index contributed by atoms with van der Waals surface area (Å²) in [6.45, 7) is 6.58. The molecule has 9 heteroatoms. The third kappa shape index (κ3) is 5.25. The number of nitrogens with zero attached hydrogens (tertiary/aromatic N) is 4. The first-order chi connectivity index (χ1) is 17.9. The highest BCUT2D eigenvalue weighted by Gasteiger charge is 2.22. The van der Waals surface area contributed by atoms with Crippen molar-refractivity contribution in [3.8, 4) is 11.5 Å². The molecular weight excluding hydrogens is 468 g/mol. The van der Waals surface area contributed by atoms with Crippen molar-refractivity contribution in [2.45, 2.75) is 40.0 Å². The van der Waals surface area contributed by atoms with Gasteiger partial charge in [0.15, 0.2) is 0 Å². The summed E-state index contributed by atoms with van der Waals surface area (Å²) in [6, 6.07) is 14.0. The summed E-state index contributed by atoms with van der Waals surface area (Å²) in [6.07, 6.45) is 4.69.